The van der Waals surface area contributed by atoms with E-state index in [9.17, 15) is 4.79 Å². The first-order valence-electron chi connectivity index (χ1n) is 9.40. The van der Waals surface area contributed by atoms with Crippen molar-refractivity contribution in [2.75, 3.05) is 5.75 Å². The maximum Gasteiger partial charge on any atom is 0.192 e. The number of thiophene rings is 1. The van der Waals surface area contributed by atoms with Gasteiger partial charge in [0, 0.05) is 24.0 Å². The molecule has 0 bridgehead atoms. The van der Waals surface area contributed by atoms with Crippen LogP contribution in [0.2, 0.25) is 0 Å². The van der Waals surface area contributed by atoms with Crippen LogP contribution in [0.25, 0.3) is 11.4 Å². The van der Waals surface area contributed by atoms with E-state index < -0.39 is 0 Å². The maximum atomic E-state index is 12.6. The largest absolute Gasteiger partial charge is 0.299 e. The highest BCUT2D eigenvalue weighted by Gasteiger charge is 2.29. The summed E-state index contributed by atoms with van der Waals surface area (Å²) in [6.07, 6.45) is 8.41. The summed E-state index contributed by atoms with van der Waals surface area (Å²) in [5, 5.41) is 9.77. The number of hydrogen-bond acceptors (Lipinski definition) is 6. The Morgan fingerprint density at radius 2 is 2.14 bits per heavy atom. The van der Waals surface area contributed by atoms with Crippen molar-refractivity contribution < 1.29 is 4.79 Å². The molecular weight excluding hydrogens is 456 g/mol. The third-order valence-corrected chi connectivity index (χ3v) is 7.77. The minimum Gasteiger partial charge on any atom is -0.299 e. The Morgan fingerprint density at radius 1 is 1.29 bits per heavy atom. The van der Waals surface area contributed by atoms with E-state index in [1.807, 2.05) is 30.5 Å². The highest BCUT2D eigenvalue weighted by molar-refractivity contribution is 9.11. The van der Waals surface area contributed by atoms with Crippen molar-refractivity contribution in [3.8, 4) is 11.4 Å². The molecule has 3 aromatic rings. The second kappa shape index (κ2) is 8.88. The zero-order valence-electron chi connectivity index (χ0n) is 15.5. The van der Waals surface area contributed by atoms with Crippen LogP contribution in [0.4, 0.5) is 0 Å². The predicted molar refractivity (Wildman–Crippen MR) is 117 cm³/mol. The van der Waals surface area contributed by atoms with Crippen LogP contribution >= 0.6 is 39.0 Å². The summed E-state index contributed by atoms with van der Waals surface area (Å²) in [5.41, 5.74) is 0.966. The van der Waals surface area contributed by atoms with Gasteiger partial charge in [-0.15, -0.1) is 21.5 Å². The summed E-state index contributed by atoms with van der Waals surface area (Å²) in [5.74, 6) is 1.89. The Balaban J connectivity index is 1.63. The molecule has 0 aliphatic heterocycles. The third-order valence-electron chi connectivity index (χ3n) is 5.16. The summed E-state index contributed by atoms with van der Waals surface area (Å²) < 4.78 is 3.22. The molecule has 0 aromatic carbocycles. The van der Waals surface area contributed by atoms with Crippen LogP contribution < -0.4 is 0 Å². The van der Waals surface area contributed by atoms with Crippen molar-refractivity contribution in [1.82, 2.24) is 19.7 Å². The molecule has 0 N–H and O–H groups in total. The van der Waals surface area contributed by atoms with Gasteiger partial charge in [-0.05, 0) is 59.0 Å². The lowest BCUT2D eigenvalue weighted by Crippen LogP contribution is -2.22. The number of hydrogen-bond donors (Lipinski definition) is 0. The Morgan fingerprint density at radius 3 is 2.86 bits per heavy atom. The summed E-state index contributed by atoms with van der Waals surface area (Å²) in [7, 11) is 0. The van der Waals surface area contributed by atoms with Crippen molar-refractivity contribution in [2.45, 2.75) is 43.8 Å². The zero-order valence-corrected chi connectivity index (χ0v) is 18.8. The molecule has 0 saturated heterocycles. The van der Waals surface area contributed by atoms with Gasteiger partial charge >= 0.3 is 0 Å². The van der Waals surface area contributed by atoms with Crippen molar-refractivity contribution in [3.05, 3.63) is 45.3 Å². The molecule has 1 saturated carbocycles. The molecule has 1 fully saturated rings. The summed E-state index contributed by atoms with van der Waals surface area (Å²) >= 11 is 6.37. The van der Waals surface area contributed by atoms with Crippen LogP contribution in [0.1, 0.15) is 48.3 Å². The number of carbonyl (C=O) groups excluding carboxylic acids is 1. The lowest BCUT2D eigenvalue weighted by Gasteiger charge is -2.31. The monoisotopic (exact) mass is 476 g/mol. The van der Waals surface area contributed by atoms with E-state index in [0.29, 0.717) is 17.7 Å². The normalized spacial score (nSPS) is 19.6. The molecule has 2 atom stereocenters. The van der Waals surface area contributed by atoms with Crippen LogP contribution in [0.5, 0.6) is 0 Å². The number of halogens is 1. The molecule has 5 nitrogen and oxygen atoms in total. The second-order valence-electron chi connectivity index (χ2n) is 7.06. The van der Waals surface area contributed by atoms with Crippen LogP contribution in [-0.4, -0.2) is 31.3 Å². The van der Waals surface area contributed by atoms with E-state index in [4.69, 9.17) is 0 Å². The number of carbonyl (C=O) groups is 1. The molecule has 146 valence electrons. The average Bonchev–Trinajstić information content (AvgIpc) is 3.33. The molecule has 0 radical (unpaired) electrons. The topological polar surface area (TPSA) is 60.7 Å². The van der Waals surface area contributed by atoms with E-state index in [0.717, 1.165) is 31.6 Å². The molecule has 0 unspecified atom stereocenters. The number of Topliss-reactive ketones (excluding diaryl/α,β-unsaturated/α-hetero) is 1. The smallest absolute Gasteiger partial charge is 0.192 e. The van der Waals surface area contributed by atoms with Crippen LogP contribution in [0.15, 0.2) is 45.6 Å². The number of pyridine rings is 1. The van der Waals surface area contributed by atoms with E-state index in [2.05, 4.69) is 42.6 Å². The molecule has 3 heterocycles. The van der Waals surface area contributed by atoms with Gasteiger partial charge in [-0.25, -0.2) is 0 Å². The quantitative estimate of drug-likeness (QED) is 0.327. The standard InChI is InChI=1S/C20H21BrN4OS2/c1-13-5-2-3-7-15(13)25-19(14-6-4-10-22-11-14)23-24-20(25)27-12-16(26)17-8-9-18(21)28-17/h4,6,8-11,13,15H,2-3,5,7,12H2,1H3/t13-,15+/m0/s1. The molecule has 1 aliphatic carbocycles. The fourth-order valence-electron chi connectivity index (χ4n) is 3.71. The highest BCUT2D eigenvalue weighted by Crippen LogP contribution is 2.39. The number of thioether (sulfide) groups is 1. The first kappa shape index (κ1) is 19.8. The van der Waals surface area contributed by atoms with Gasteiger partial charge in [0.25, 0.3) is 0 Å². The molecule has 4 rings (SSSR count). The van der Waals surface area contributed by atoms with Gasteiger partial charge in [0.1, 0.15) is 0 Å². The molecule has 0 spiro atoms. The van der Waals surface area contributed by atoms with Gasteiger partial charge in [0.05, 0.1) is 14.4 Å². The lowest BCUT2D eigenvalue weighted by atomic mass is 9.85. The number of nitrogens with zero attached hydrogens (tertiary/aromatic N) is 4. The fourth-order valence-corrected chi connectivity index (χ4v) is 6.00. The minimum absolute atomic E-state index is 0.120. The van der Waals surface area contributed by atoms with Crippen molar-refractivity contribution in [3.63, 3.8) is 0 Å². The third kappa shape index (κ3) is 4.23. The van der Waals surface area contributed by atoms with E-state index >= 15 is 0 Å². The Kier molecular flexibility index (Phi) is 6.28. The Labute approximate surface area is 181 Å². The summed E-state index contributed by atoms with van der Waals surface area (Å²) in [6, 6.07) is 8.07. The van der Waals surface area contributed by atoms with Gasteiger partial charge in [0.15, 0.2) is 16.8 Å². The molecule has 1 aliphatic rings. The molecule has 3 aromatic heterocycles. The summed E-state index contributed by atoms with van der Waals surface area (Å²) in [6.45, 7) is 2.31. The number of aromatic nitrogens is 4. The average molecular weight is 477 g/mol. The van der Waals surface area contributed by atoms with Gasteiger partial charge in [-0.2, -0.15) is 0 Å². The van der Waals surface area contributed by atoms with E-state index in [-0.39, 0.29) is 5.78 Å². The number of rotatable bonds is 6. The van der Waals surface area contributed by atoms with E-state index in [1.54, 1.807) is 6.20 Å². The molecular formula is C20H21BrN4OS2. The van der Waals surface area contributed by atoms with Crippen LogP contribution in [0, 0.1) is 5.92 Å². The number of ketones is 1. The molecule has 28 heavy (non-hydrogen) atoms. The second-order valence-corrected chi connectivity index (χ2v) is 10.5. The fraction of sp³-hybridized carbons (Fsp3) is 0.400. The predicted octanol–water partition coefficient (Wildman–Crippen LogP) is 5.89. The van der Waals surface area contributed by atoms with Gasteiger partial charge in [-0.1, -0.05) is 31.5 Å². The van der Waals surface area contributed by atoms with Crippen molar-refractivity contribution in [1.29, 1.82) is 0 Å². The SMILES string of the molecule is C[C@H]1CCCC[C@H]1n1c(SCC(=O)c2ccc(Br)s2)nnc1-c1cccnc1. The van der Waals surface area contributed by atoms with E-state index in [1.165, 1.54) is 42.4 Å². The molecule has 0 amide bonds. The van der Waals surface area contributed by atoms with Crippen molar-refractivity contribution in [2.24, 2.45) is 5.92 Å². The van der Waals surface area contributed by atoms with Crippen LogP contribution in [0.3, 0.4) is 0 Å². The van der Waals surface area contributed by atoms with Gasteiger partial charge < -0.3 is 0 Å². The maximum absolute atomic E-state index is 12.6. The first-order valence-corrected chi connectivity index (χ1v) is 12.0. The first-order chi connectivity index (χ1) is 13.6. The van der Waals surface area contributed by atoms with Gasteiger partial charge in [0.2, 0.25) is 0 Å². The van der Waals surface area contributed by atoms with Crippen molar-refractivity contribution >= 4 is 44.8 Å². The Bertz CT molecular complexity index is 956. The summed E-state index contributed by atoms with van der Waals surface area (Å²) in [4.78, 5) is 17.6. The minimum atomic E-state index is 0.120. The van der Waals surface area contributed by atoms with Gasteiger partial charge in [-0.3, -0.25) is 14.3 Å². The van der Waals surface area contributed by atoms with Crippen LogP contribution in [-0.2, 0) is 0 Å². The zero-order chi connectivity index (χ0) is 19.5. The highest BCUT2D eigenvalue weighted by atomic mass is 79.9. The lowest BCUT2D eigenvalue weighted by molar-refractivity contribution is 0.102. The Hall–Kier alpha value is -1.51. The molecule has 8 heteroatoms.